The summed E-state index contributed by atoms with van der Waals surface area (Å²) in [6.07, 6.45) is 14.0. The predicted octanol–water partition coefficient (Wildman–Crippen LogP) is 14.8. The van der Waals surface area contributed by atoms with Gasteiger partial charge in [-0.15, -0.1) is 0 Å². The summed E-state index contributed by atoms with van der Waals surface area (Å²) in [5.74, 6) is 0.883. The van der Waals surface area contributed by atoms with E-state index >= 15 is 0 Å². The second-order valence-electron chi connectivity index (χ2n) is 17.4. The Labute approximate surface area is 365 Å². The normalized spacial score (nSPS) is 12.2. The van der Waals surface area contributed by atoms with Gasteiger partial charge in [-0.3, -0.25) is 4.79 Å². The van der Waals surface area contributed by atoms with Crippen LogP contribution in [-0.4, -0.2) is 30.8 Å². The molecule has 310 valence electrons. The number of nitrogens with zero attached hydrogens (tertiary/aromatic N) is 2. The third-order valence-electron chi connectivity index (χ3n) is 12.3. The molecule has 3 aromatic carbocycles. The summed E-state index contributed by atoms with van der Waals surface area (Å²) in [6.45, 7) is 21.5. The van der Waals surface area contributed by atoms with Crippen molar-refractivity contribution >= 4 is 63.2 Å². The standard InChI is InChI=1S/C55H58N4OS/c1-31-25-34(4)50(35(5)26-31)53-44-18-16-42(56-44)41(15-13-11-12-14-24-61-40(10)60)43-17-19-45(57-43)54(51-36(6)27-32(2)28-37(51)7)47-21-23-49(59-47)55(48-22-20-46(53)58-48)52-38(8)29-33(3)30-39(52)9/h16-23,25-30,56,59H,11-15,24H2,1-10H3. The second kappa shape index (κ2) is 17.3. The quantitative estimate of drug-likeness (QED) is 0.135. The van der Waals surface area contributed by atoms with Crippen LogP contribution in [0, 0.1) is 62.3 Å². The fraction of sp³-hybridized carbons (Fsp3) is 0.291. The van der Waals surface area contributed by atoms with E-state index < -0.39 is 0 Å². The minimum atomic E-state index is 0.195. The maximum absolute atomic E-state index is 11.5. The highest BCUT2D eigenvalue weighted by molar-refractivity contribution is 8.13. The average molecular weight is 823 g/mol. The summed E-state index contributed by atoms with van der Waals surface area (Å²) < 4.78 is 0. The predicted molar refractivity (Wildman–Crippen MR) is 263 cm³/mol. The summed E-state index contributed by atoms with van der Waals surface area (Å²) in [4.78, 5) is 30.6. The molecular weight excluding hydrogens is 765 g/mol. The lowest BCUT2D eigenvalue weighted by Crippen LogP contribution is -1.96. The minimum absolute atomic E-state index is 0.195. The number of benzene rings is 3. The zero-order chi connectivity index (χ0) is 43.1. The van der Waals surface area contributed by atoms with Gasteiger partial charge in [0.1, 0.15) is 0 Å². The Morgan fingerprint density at radius 3 is 1.21 bits per heavy atom. The second-order valence-corrected chi connectivity index (χ2v) is 18.7. The number of carbonyl (C=O) groups excluding carboxylic acids is 1. The average Bonchev–Trinajstić information content (AvgIpc) is 4.02. The van der Waals surface area contributed by atoms with Gasteiger partial charge >= 0.3 is 0 Å². The van der Waals surface area contributed by atoms with Gasteiger partial charge in [-0.25, -0.2) is 9.97 Å². The van der Waals surface area contributed by atoms with Crippen molar-refractivity contribution in [2.45, 2.75) is 101 Å². The van der Waals surface area contributed by atoms with Gasteiger partial charge in [0, 0.05) is 57.0 Å². The van der Waals surface area contributed by atoms with Crippen molar-refractivity contribution < 1.29 is 4.79 Å². The summed E-state index contributed by atoms with van der Waals surface area (Å²) in [7, 11) is 0. The van der Waals surface area contributed by atoms with Crippen molar-refractivity contribution in [1.29, 1.82) is 0 Å². The lowest BCUT2D eigenvalue weighted by molar-refractivity contribution is -0.109. The van der Waals surface area contributed by atoms with E-state index in [1.54, 1.807) is 6.92 Å². The number of hydrogen-bond donors (Lipinski definition) is 2. The number of aryl methyl sites for hydroxylation is 10. The Kier molecular flexibility index (Phi) is 11.9. The monoisotopic (exact) mass is 822 g/mol. The zero-order valence-electron chi connectivity index (χ0n) is 37.5. The number of aromatic amines is 2. The molecule has 2 N–H and O–H groups in total. The summed E-state index contributed by atoms with van der Waals surface area (Å²) in [5.41, 5.74) is 27.2. The van der Waals surface area contributed by atoms with Crippen LogP contribution in [0.25, 0.3) is 79.8 Å². The highest BCUT2D eigenvalue weighted by Crippen LogP contribution is 2.41. The highest BCUT2D eigenvalue weighted by Gasteiger charge is 2.22. The van der Waals surface area contributed by atoms with Gasteiger partial charge in [0.15, 0.2) is 5.12 Å². The zero-order valence-corrected chi connectivity index (χ0v) is 38.4. The van der Waals surface area contributed by atoms with Crippen LogP contribution < -0.4 is 0 Å². The smallest absolute Gasteiger partial charge is 0.185 e. The van der Waals surface area contributed by atoms with Crippen molar-refractivity contribution in [3.63, 3.8) is 0 Å². The minimum Gasteiger partial charge on any atom is -0.355 e. The van der Waals surface area contributed by atoms with Crippen LogP contribution in [0.15, 0.2) is 60.7 Å². The molecule has 5 heterocycles. The Morgan fingerprint density at radius 2 is 0.803 bits per heavy atom. The number of hydrogen-bond acceptors (Lipinski definition) is 4. The molecular formula is C55H58N4OS. The molecule has 3 aromatic heterocycles. The number of unbranched alkanes of at least 4 members (excludes halogenated alkanes) is 3. The maximum Gasteiger partial charge on any atom is 0.185 e. The molecule has 0 aliphatic carbocycles. The Hall–Kier alpha value is -5.72. The molecule has 6 heteroatoms. The van der Waals surface area contributed by atoms with E-state index in [4.69, 9.17) is 9.97 Å². The Balaban J connectivity index is 1.49. The van der Waals surface area contributed by atoms with E-state index in [2.05, 4.69) is 157 Å². The number of aromatic nitrogens is 4. The van der Waals surface area contributed by atoms with Gasteiger partial charge < -0.3 is 9.97 Å². The fourth-order valence-electron chi connectivity index (χ4n) is 10.0. The molecule has 8 bridgehead atoms. The maximum atomic E-state index is 11.5. The van der Waals surface area contributed by atoms with Crippen molar-refractivity contribution in [2.75, 3.05) is 5.75 Å². The summed E-state index contributed by atoms with van der Waals surface area (Å²) >= 11 is 1.43. The van der Waals surface area contributed by atoms with E-state index in [0.29, 0.717) is 0 Å². The van der Waals surface area contributed by atoms with E-state index in [-0.39, 0.29) is 5.12 Å². The Morgan fingerprint density at radius 1 is 0.459 bits per heavy atom. The number of H-pyrrole nitrogens is 2. The third-order valence-corrected chi connectivity index (χ3v) is 13.2. The van der Waals surface area contributed by atoms with Crippen molar-refractivity contribution in [1.82, 2.24) is 19.9 Å². The lowest BCUT2D eigenvalue weighted by Gasteiger charge is -2.14. The van der Waals surface area contributed by atoms with Gasteiger partial charge in [-0.1, -0.05) is 77.7 Å². The van der Waals surface area contributed by atoms with Gasteiger partial charge in [-0.2, -0.15) is 0 Å². The van der Waals surface area contributed by atoms with Gasteiger partial charge in [-0.05, 0) is 180 Å². The van der Waals surface area contributed by atoms with Crippen LogP contribution >= 0.6 is 11.8 Å². The topological polar surface area (TPSA) is 74.4 Å². The molecule has 2 aliphatic rings. The lowest BCUT2D eigenvalue weighted by atomic mass is 9.92. The first-order valence-electron chi connectivity index (χ1n) is 21.8. The van der Waals surface area contributed by atoms with Crippen LogP contribution in [0.2, 0.25) is 0 Å². The van der Waals surface area contributed by atoms with Gasteiger partial charge in [0.2, 0.25) is 0 Å². The number of carbonyl (C=O) groups is 1. The molecule has 0 spiro atoms. The molecule has 0 radical (unpaired) electrons. The SMILES string of the molecule is CC(=O)SCCCCCCc1c2nc(c(-c3c(C)cc(C)cc3C)c3ccc([nH]3)c(-c3c(C)cc(C)cc3C)c3nc(c(-c4c(C)cc(C)cc4C)c4ccc1[nH]4)C=C3)C=C2. The first-order valence-corrected chi connectivity index (χ1v) is 22.8. The number of thioether (sulfide) groups is 1. The van der Waals surface area contributed by atoms with Gasteiger partial charge in [0.05, 0.1) is 22.8 Å². The molecule has 8 rings (SSSR count). The molecule has 0 atom stereocenters. The van der Waals surface area contributed by atoms with Crippen molar-refractivity contribution in [2.24, 2.45) is 0 Å². The fourth-order valence-corrected chi connectivity index (χ4v) is 10.6. The van der Waals surface area contributed by atoms with E-state index in [1.807, 2.05) is 0 Å². The van der Waals surface area contributed by atoms with Crippen LogP contribution in [0.4, 0.5) is 0 Å². The third kappa shape index (κ3) is 8.48. The van der Waals surface area contributed by atoms with E-state index in [9.17, 15) is 4.79 Å². The summed E-state index contributed by atoms with van der Waals surface area (Å²) in [6, 6.07) is 22.7. The van der Waals surface area contributed by atoms with Crippen molar-refractivity contribution in [3.05, 3.63) is 139 Å². The van der Waals surface area contributed by atoms with Crippen LogP contribution in [-0.2, 0) is 11.2 Å². The van der Waals surface area contributed by atoms with Crippen LogP contribution in [0.3, 0.4) is 0 Å². The van der Waals surface area contributed by atoms with Gasteiger partial charge in [0.25, 0.3) is 0 Å². The molecule has 0 saturated heterocycles. The molecule has 0 unspecified atom stereocenters. The first kappa shape index (κ1) is 42.0. The van der Waals surface area contributed by atoms with Crippen LogP contribution in [0.5, 0.6) is 0 Å². The number of rotatable bonds is 10. The molecule has 5 nitrogen and oxygen atoms in total. The number of nitrogens with one attached hydrogen (secondary N) is 2. The molecule has 6 aromatic rings. The van der Waals surface area contributed by atoms with E-state index in [1.165, 1.54) is 84.1 Å². The van der Waals surface area contributed by atoms with Crippen LogP contribution in [0.1, 0.15) is 111 Å². The highest BCUT2D eigenvalue weighted by atomic mass is 32.2. The molecule has 0 saturated carbocycles. The van der Waals surface area contributed by atoms with Crippen molar-refractivity contribution in [3.8, 4) is 33.4 Å². The van der Waals surface area contributed by atoms with E-state index in [0.717, 1.165) is 99.4 Å². The molecule has 0 fully saturated rings. The number of fused-ring (bicyclic) bond motifs is 8. The molecule has 2 aliphatic heterocycles. The Bertz CT molecular complexity index is 2850. The first-order chi connectivity index (χ1) is 29.3. The molecule has 0 amide bonds. The largest absolute Gasteiger partial charge is 0.355 e. The summed E-state index contributed by atoms with van der Waals surface area (Å²) in [5, 5.41) is 0.195. The molecule has 61 heavy (non-hydrogen) atoms.